The fourth-order valence-corrected chi connectivity index (χ4v) is 4.84. The van der Waals surface area contributed by atoms with Gasteiger partial charge in [-0.1, -0.05) is 42.5 Å². The fraction of sp³-hybridized carbons (Fsp3) is 0.300. The van der Waals surface area contributed by atoms with Crippen LogP contribution in [0.1, 0.15) is 31.2 Å². The number of carbonyl (C=O) groups excluding carboxylic acids is 1. The summed E-state index contributed by atoms with van der Waals surface area (Å²) in [5, 5.41) is 7.80. The lowest BCUT2D eigenvalue weighted by atomic mass is 9.91. The van der Waals surface area contributed by atoms with Crippen LogP contribution in [0.3, 0.4) is 0 Å². The molecule has 1 aliphatic rings. The van der Waals surface area contributed by atoms with Gasteiger partial charge in [0.2, 0.25) is 11.9 Å². The number of benzene rings is 3. The molecule has 7 nitrogen and oxygen atoms in total. The number of hydrogen-bond acceptors (Lipinski definition) is 6. The average Bonchev–Trinajstić information content (AvgIpc) is 2.90. The van der Waals surface area contributed by atoms with Gasteiger partial charge in [-0.3, -0.25) is 4.79 Å². The van der Waals surface area contributed by atoms with Gasteiger partial charge in [0.05, 0.1) is 11.9 Å². The molecule has 190 valence electrons. The smallest absolute Gasteiger partial charge is 0.225 e. The van der Waals surface area contributed by atoms with Gasteiger partial charge >= 0.3 is 0 Å². The molecule has 4 aromatic rings. The van der Waals surface area contributed by atoms with E-state index in [-0.39, 0.29) is 18.0 Å². The lowest BCUT2D eigenvalue weighted by molar-refractivity contribution is -0.121. The van der Waals surface area contributed by atoms with Crippen LogP contribution in [0.5, 0.6) is 11.5 Å². The van der Waals surface area contributed by atoms with E-state index in [0.29, 0.717) is 12.4 Å². The van der Waals surface area contributed by atoms with Crippen molar-refractivity contribution in [3.63, 3.8) is 0 Å². The molecule has 1 aromatic heterocycles. The molecule has 37 heavy (non-hydrogen) atoms. The third-order valence-electron chi connectivity index (χ3n) is 6.67. The highest BCUT2D eigenvalue weighted by Gasteiger charge is 2.23. The molecule has 7 heteroatoms. The highest BCUT2D eigenvalue weighted by molar-refractivity contribution is 5.90. The Bertz CT molecular complexity index is 1350. The number of aromatic nitrogens is 2. The summed E-state index contributed by atoms with van der Waals surface area (Å²) in [5.74, 6) is 3.12. The molecule has 5 rings (SSSR count). The minimum atomic E-state index is 0.0433. The van der Waals surface area contributed by atoms with Gasteiger partial charge in [0, 0.05) is 31.6 Å². The minimum Gasteiger partial charge on any atom is -0.457 e. The number of para-hydroxylation sites is 2. The number of nitrogens with one attached hydrogen (secondary N) is 2. The summed E-state index contributed by atoms with van der Waals surface area (Å²) in [5.41, 5.74) is 1.87. The summed E-state index contributed by atoms with van der Waals surface area (Å²) in [6, 6.07) is 25.9. The maximum Gasteiger partial charge on any atom is 0.225 e. The number of fused-ring (bicyclic) bond motifs is 1. The van der Waals surface area contributed by atoms with Crippen molar-refractivity contribution in [1.29, 1.82) is 0 Å². The molecule has 0 bridgehead atoms. The third kappa shape index (κ3) is 6.36. The number of nitrogens with zero attached hydrogens (tertiary/aromatic N) is 3. The Kier molecular flexibility index (Phi) is 7.49. The van der Waals surface area contributed by atoms with Crippen LogP contribution in [0, 0.1) is 0 Å². The minimum absolute atomic E-state index is 0.0433. The predicted molar refractivity (Wildman–Crippen MR) is 148 cm³/mol. The van der Waals surface area contributed by atoms with Crippen molar-refractivity contribution in [2.75, 3.05) is 24.3 Å². The third-order valence-corrected chi connectivity index (χ3v) is 6.67. The quantitative estimate of drug-likeness (QED) is 0.333. The second-order valence-electron chi connectivity index (χ2n) is 9.78. The van der Waals surface area contributed by atoms with E-state index in [1.165, 1.54) is 0 Å². The van der Waals surface area contributed by atoms with E-state index < -0.39 is 0 Å². The molecule has 1 aliphatic carbocycles. The summed E-state index contributed by atoms with van der Waals surface area (Å²) in [4.78, 5) is 24.3. The van der Waals surface area contributed by atoms with Crippen molar-refractivity contribution < 1.29 is 9.53 Å². The molecule has 1 amide bonds. The van der Waals surface area contributed by atoms with Crippen LogP contribution >= 0.6 is 0 Å². The highest BCUT2D eigenvalue weighted by Crippen LogP contribution is 2.27. The van der Waals surface area contributed by atoms with Crippen molar-refractivity contribution in [2.24, 2.45) is 0 Å². The number of anilines is 2. The van der Waals surface area contributed by atoms with Crippen LogP contribution in [0.4, 0.5) is 11.8 Å². The van der Waals surface area contributed by atoms with Gasteiger partial charge in [-0.05, 0) is 67.6 Å². The molecular weight excluding hydrogens is 462 g/mol. The van der Waals surface area contributed by atoms with E-state index in [4.69, 9.17) is 14.7 Å². The Labute approximate surface area is 217 Å². The van der Waals surface area contributed by atoms with E-state index in [9.17, 15) is 4.79 Å². The molecule has 3 aromatic carbocycles. The summed E-state index contributed by atoms with van der Waals surface area (Å²) >= 11 is 0. The van der Waals surface area contributed by atoms with Gasteiger partial charge in [-0.15, -0.1) is 0 Å². The van der Waals surface area contributed by atoms with E-state index in [1.807, 2.05) is 91.8 Å². The molecule has 0 radical (unpaired) electrons. The van der Waals surface area contributed by atoms with E-state index in [0.717, 1.165) is 59.5 Å². The SMILES string of the molecule is CN(C)c1nc(N[C@H]2CC[C@@H](NC(=O)Cc3cccc(Oc4ccccc4)c3)CC2)nc2ccccc12. The maximum atomic E-state index is 12.8. The Morgan fingerprint density at radius 1 is 0.865 bits per heavy atom. The normalized spacial score (nSPS) is 17.2. The van der Waals surface area contributed by atoms with Crippen LogP contribution in [0.2, 0.25) is 0 Å². The van der Waals surface area contributed by atoms with Gasteiger partial charge in [-0.2, -0.15) is 4.98 Å². The standard InChI is InChI=1S/C30H33N5O2/c1-35(2)29-26-13-6-7-14-27(26)33-30(34-29)32-23-17-15-22(16-18-23)31-28(36)20-21-9-8-12-25(19-21)37-24-10-4-3-5-11-24/h3-14,19,22-23H,15-18,20H2,1-2H3,(H,31,36)(H,32,33,34)/t22-,23+. The van der Waals surface area contributed by atoms with E-state index in [1.54, 1.807) is 0 Å². The molecule has 0 unspecified atom stereocenters. The lowest BCUT2D eigenvalue weighted by Gasteiger charge is -2.30. The van der Waals surface area contributed by atoms with E-state index >= 15 is 0 Å². The molecule has 1 saturated carbocycles. The van der Waals surface area contributed by atoms with Crippen molar-refractivity contribution in [2.45, 2.75) is 44.2 Å². The van der Waals surface area contributed by atoms with Gasteiger partial charge in [0.25, 0.3) is 0 Å². The highest BCUT2D eigenvalue weighted by atomic mass is 16.5. The van der Waals surface area contributed by atoms with Crippen molar-refractivity contribution >= 4 is 28.6 Å². The van der Waals surface area contributed by atoms with E-state index in [2.05, 4.69) is 16.7 Å². The number of hydrogen-bond donors (Lipinski definition) is 2. The zero-order valence-corrected chi connectivity index (χ0v) is 21.4. The molecule has 0 aliphatic heterocycles. The molecule has 0 saturated heterocycles. The molecular formula is C30H33N5O2. The Morgan fingerprint density at radius 3 is 2.35 bits per heavy atom. The monoisotopic (exact) mass is 495 g/mol. The van der Waals surface area contributed by atoms with Crippen LogP contribution in [0.25, 0.3) is 10.9 Å². The van der Waals surface area contributed by atoms with Crippen LogP contribution in [-0.4, -0.2) is 42.1 Å². The molecule has 0 spiro atoms. The van der Waals surface area contributed by atoms with Gasteiger partial charge < -0.3 is 20.3 Å². The molecule has 0 atom stereocenters. The Hall–Kier alpha value is -4.13. The van der Waals surface area contributed by atoms with Crippen molar-refractivity contribution in [3.8, 4) is 11.5 Å². The maximum absolute atomic E-state index is 12.8. The fourth-order valence-electron chi connectivity index (χ4n) is 4.84. The van der Waals surface area contributed by atoms with Crippen LogP contribution in [-0.2, 0) is 11.2 Å². The summed E-state index contributed by atoms with van der Waals surface area (Å²) in [6.07, 6.45) is 4.10. The van der Waals surface area contributed by atoms with Crippen molar-refractivity contribution in [1.82, 2.24) is 15.3 Å². The first-order chi connectivity index (χ1) is 18.0. The first-order valence-electron chi connectivity index (χ1n) is 12.9. The molecule has 2 N–H and O–H groups in total. The number of carbonyl (C=O) groups is 1. The van der Waals surface area contributed by atoms with Gasteiger partial charge in [0.1, 0.15) is 17.3 Å². The summed E-state index contributed by atoms with van der Waals surface area (Å²) in [6.45, 7) is 0. The van der Waals surface area contributed by atoms with Gasteiger partial charge in [0.15, 0.2) is 0 Å². The number of ether oxygens (including phenoxy) is 1. The number of amides is 1. The second kappa shape index (κ2) is 11.3. The topological polar surface area (TPSA) is 79.4 Å². The second-order valence-corrected chi connectivity index (χ2v) is 9.78. The Morgan fingerprint density at radius 2 is 1.57 bits per heavy atom. The van der Waals surface area contributed by atoms with Crippen LogP contribution < -0.4 is 20.3 Å². The average molecular weight is 496 g/mol. The molecule has 1 fully saturated rings. The number of rotatable bonds is 8. The predicted octanol–water partition coefficient (Wildman–Crippen LogP) is 5.57. The summed E-state index contributed by atoms with van der Waals surface area (Å²) in [7, 11) is 4.00. The van der Waals surface area contributed by atoms with Crippen LogP contribution in [0.15, 0.2) is 78.9 Å². The Balaban J connectivity index is 1.13. The summed E-state index contributed by atoms with van der Waals surface area (Å²) < 4.78 is 5.90. The zero-order chi connectivity index (χ0) is 25.6. The van der Waals surface area contributed by atoms with Gasteiger partial charge in [-0.25, -0.2) is 4.98 Å². The zero-order valence-electron chi connectivity index (χ0n) is 21.4. The largest absolute Gasteiger partial charge is 0.457 e. The molecule has 1 heterocycles. The first kappa shape index (κ1) is 24.6. The lowest BCUT2D eigenvalue weighted by Crippen LogP contribution is -2.40. The first-order valence-corrected chi connectivity index (χ1v) is 12.9. The van der Waals surface area contributed by atoms with Crippen molar-refractivity contribution in [3.05, 3.63) is 84.4 Å².